The Morgan fingerprint density at radius 3 is 2.42 bits per heavy atom. The van der Waals surface area contributed by atoms with Gasteiger partial charge in [-0.05, 0) is 43.0 Å². The van der Waals surface area contributed by atoms with E-state index in [4.69, 9.17) is 14.7 Å². The molecule has 0 amide bonds. The van der Waals surface area contributed by atoms with Crippen molar-refractivity contribution in [2.45, 2.75) is 26.9 Å². The highest BCUT2D eigenvalue weighted by molar-refractivity contribution is 5.58. The molecule has 7 nitrogen and oxygen atoms in total. The van der Waals surface area contributed by atoms with Crippen LogP contribution in [0.15, 0.2) is 84.1 Å². The van der Waals surface area contributed by atoms with Crippen LogP contribution in [0.25, 0.3) is 0 Å². The smallest absolute Gasteiger partial charge is 0.229 e. The number of hydrogen-bond acceptors (Lipinski definition) is 7. The molecule has 0 bridgehead atoms. The summed E-state index contributed by atoms with van der Waals surface area (Å²) in [7, 11) is 4.05. The van der Waals surface area contributed by atoms with E-state index in [2.05, 4.69) is 71.4 Å². The Bertz CT molecular complexity index is 1290. The molecule has 2 aliphatic rings. The van der Waals surface area contributed by atoms with Crippen LogP contribution in [0.4, 0.5) is 23.3 Å². The van der Waals surface area contributed by atoms with Crippen LogP contribution in [0.1, 0.15) is 25.8 Å². The van der Waals surface area contributed by atoms with Crippen LogP contribution < -0.4 is 24.8 Å². The molecule has 1 aliphatic carbocycles. The molecule has 1 N–H and O–H groups in total. The summed E-state index contributed by atoms with van der Waals surface area (Å²) in [6.07, 6.45) is 5.44. The summed E-state index contributed by atoms with van der Waals surface area (Å²) in [6, 6.07) is 20.7. The van der Waals surface area contributed by atoms with Crippen molar-refractivity contribution in [3.05, 3.63) is 89.6 Å². The number of benzene rings is 2. The standard InChI is InChI=1S/C31H38N6O/c1-23-13-14-28(24(2)19-23)32-29-21-30(35(3)4)34-31(33-29)37-17-15-36(16-18-37)26-11-8-12-27(20-26)38-22-25-9-6-5-7-10-25/h5-14,20-21,24H,15-19,22H2,1-4H3,(H,32,33,34). The number of piperazine rings is 1. The van der Waals surface area contributed by atoms with Crippen LogP contribution >= 0.6 is 0 Å². The molecular weight excluding hydrogens is 472 g/mol. The molecule has 5 rings (SSSR count). The Kier molecular flexibility index (Phi) is 7.82. The summed E-state index contributed by atoms with van der Waals surface area (Å²) in [5.74, 6) is 3.85. The van der Waals surface area contributed by atoms with Gasteiger partial charge in [-0.25, -0.2) is 0 Å². The third-order valence-corrected chi connectivity index (χ3v) is 7.13. The van der Waals surface area contributed by atoms with E-state index in [0.717, 1.165) is 55.9 Å². The van der Waals surface area contributed by atoms with Gasteiger partial charge in [0.2, 0.25) is 5.95 Å². The first kappa shape index (κ1) is 25.6. The van der Waals surface area contributed by atoms with Crippen LogP contribution in [0.5, 0.6) is 5.75 Å². The summed E-state index contributed by atoms with van der Waals surface area (Å²) < 4.78 is 6.06. The number of aromatic nitrogens is 2. The predicted octanol–water partition coefficient (Wildman–Crippen LogP) is 5.73. The number of ether oxygens (including phenoxy) is 1. The van der Waals surface area contributed by atoms with E-state index < -0.39 is 0 Å². The average Bonchev–Trinajstić information content (AvgIpc) is 2.94. The first-order valence-corrected chi connectivity index (χ1v) is 13.4. The summed E-state index contributed by atoms with van der Waals surface area (Å²) in [6.45, 7) is 8.51. The number of nitrogens with one attached hydrogen (secondary N) is 1. The van der Waals surface area contributed by atoms with Crippen molar-refractivity contribution in [3.63, 3.8) is 0 Å². The first-order chi connectivity index (χ1) is 18.4. The fourth-order valence-corrected chi connectivity index (χ4v) is 4.90. The number of hydrogen-bond donors (Lipinski definition) is 1. The molecule has 1 aromatic heterocycles. The van der Waals surface area contributed by atoms with Crippen LogP contribution in [0.3, 0.4) is 0 Å². The van der Waals surface area contributed by atoms with Gasteiger partial charge >= 0.3 is 0 Å². The summed E-state index contributed by atoms with van der Waals surface area (Å²) >= 11 is 0. The largest absolute Gasteiger partial charge is 0.489 e. The monoisotopic (exact) mass is 510 g/mol. The van der Waals surface area contributed by atoms with E-state index in [1.54, 1.807) is 0 Å². The van der Waals surface area contributed by atoms with Gasteiger partial charge in [-0.3, -0.25) is 0 Å². The molecule has 3 aromatic rings. The minimum absolute atomic E-state index is 0.442. The van der Waals surface area contributed by atoms with Crippen LogP contribution in [0, 0.1) is 5.92 Å². The van der Waals surface area contributed by atoms with Crippen molar-refractivity contribution in [2.75, 3.05) is 60.3 Å². The topological polar surface area (TPSA) is 56.8 Å². The maximum Gasteiger partial charge on any atom is 0.229 e. The van der Waals surface area contributed by atoms with Gasteiger partial charge in [0.1, 0.15) is 24.0 Å². The molecule has 1 saturated heterocycles. The van der Waals surface area contributed by atoms with Gasteiger partial charge in [-0.1, -0.05) is 55.0 Å². The van der Waals surface area contributed by atoms with E-state index in [9.17, 15) is 0 Å². The molecule has 1 atom stereocenters. The minimum atomic E-state index is 0.442. The zero-order chi connectivity index (χ0) is 26.5. The van der Waals surface area contributed by atoms with Gasteiger partial charge in [0, 0.05) is 63.8 Å². The maximum atomic E-state index is 6.06. The second-order valence-electron chi connectivity index (χ2n) is 10.4. The van der Waals surface area contributed by atoms with Crippen LogP contribution in [-0.2, 0) is 6.61 Å². The third kappa shape index (κ3) is 6.28. The fourth-order valence-electron chi connectivity index (χ4n) is 4.90. The van der Waals surface area contributed by atoms with Crippen molar-refractivity contribution in [3.8, 4) is 5.75 Å². The highest BCUT2D eigenvalue weighted by Crippen LogP contribution is 2.28. The molecule has 2 aromatic carbocycles. The molecule has 1 fully saturated rings. The molecule has 38 heavy (non-hydrogen) atoms. The molecule has 1 unspecified atom stereocenters. The molecule has 2 heterocycles. The Hall–Kier alpha value is -4.00. The molecule has 0 radical (unpaired) electrons. The lowest BCUT2D eigenvalue weighted by Gasteiger charge is -2.36. The second-order valence-corrected chi connectivity index (χ2v) is 10.4. The van der Waals surface area contributed by atoms with E-state index >= 15 is 0 Å². The van der Waals surface area contributed by atoms with Crippen LogP contribution in [-0.4, -0.2) is 50.2 Å². The highest BCUT2D eigenvalue weighted by atomic mass is 16.5. The lowest BCUT2D eigenvalue weighted by molar-refractivity contribution is 0.306. The van der Waals surface area contributed by atoms with Crippen molar-refractivity contribution in [1.29, 1.82) is 0 Å². The van der Waals surface area contributed by atoms with Gasteiger partial charge in [0.15, 0.2) is 0 Å². The van der Waals surface area contributed by atoms with Crippen molar-refractivity contribution >= 4 is 23.3 Å². The maximum absolute atomic E-state index is 6.06. The van der Waals surface area contributed by atoms with E-state index in [0.29, 0.717) is 12.5 Å². The van der Waals surface area contributed by atoms with E-state index in [-0.39, 0.29) is 0 Å². The Morgan fingerprint density at radius 2 is 1.68 bits per heavy atom. The number of rotatable bonds is 8. The summed E-state index contributed by atoms with van der Waals surface area (Å²) in [5.41, 5.74) is 4.96. The van der Waals surface area contributed by atoms with Crippen molar-refractivity contribution in [1.82, 2.24) is 9.97 Å². The quantitative estimate of drug-likeness (QED) is 0.415. The number of anilines is 4. The predicted molar refractivity (Wildman–Crippen MR) is 157 cm³/mol. The SMILES string of the molecule is CC1=CC=C(Nc2cc(N(C)C)nc(N3CCN(c4cccc(OCc5ccccc5)c4)CC3)n2)C(C)C1. The highest BCUT2D eigenvalue weighted by Gasteiger charge is 2.22. The number of nitrogens with zero attached hydrogens (tertiary/aromatic N) is 5. The molecule has 1 aliphatic heterocycles. The lowest BCUT2D eigenvalue weighted by atomic mass is 9.94. The van der Waals surface area contributed by atoms with Gasteiger partial charge in [-0.15, -0.1) is 0 Å². The zero-order valence-electron chi connectivity index (χ0n) is 22.9. The summed E-state index contributed by atoms with van der Waals surface area (Å²) in [4.78, 5) is 16.5. The molecule has 0 spiro atoms. The fraction of sp³-hybridized carbons (Fsp3) is 0.355. The third-order valence-electron chi connectivity index (χ3n) is 7.13. The van der Waals surface area contributed by atoms with Crippen molar-refractivity contribution in [2.24, 2.45) is 5.92 Å². The van der Waals surface area contributed by atoms with E-state index in [1.807, 2.05) is 49.3 Å². The van der Waals surface area contributed by atoms with Gasteiger partial charge in [0.25, 0.3) is 0 Å². The molecular formula is C31H38N6O. The molecule has 0 saturated carbocycles. The lowest BCUT2D eigenvalue weighted by Crippen LogP contribution is -2.47. The first-order valence-electron chi connectivity index (χ1n) is 13.4. The van der Waals surface area contributed by atoms with Gasteiger partial charge < -0.3 is 24.8 Å². The van der Waals surface area contributed by atoms with Crippen molar-refractivity contribution < 1.29 is 4.74 Å². The van der Waals surface area contributed by atoms with Gasteiger partial charge in [-0.2, -0.15) is 9.97 Å². The zero-order valence-corrected chi connectivity index (χ0v) is 22.9. The van der Waals surface area contributed by atoms with Gasteiger partial charge in [0.05, 0.1) is 0 Å². The molecule has 7 heteroatoms. The summed E-state index contributed by atoms with van der Waals surface area (Å²) in [5, 5.41) is 3.58. The Morgan fingerprint density at radius 1 is 0.921 bits per heavy atom. The minimum Gasteiger partial charge on any atom is -0.489 e. The number of allylic oxidation sites excluding steroid dienone is 4. The average molecular weight is 511 g/mol. The van der Waals surface area contributed by atoms with E-state index in [1.165, 1.54) is 22.5 Å². The Balaban J connectivity index is 1.25. The second kappa shape index (κ2) is 11.6. The molecule has 198 valence electrons. The Labute approximate surface area is 226 Å². The normalized spacial score (nSPS) is 17.5. The van der Waals surface area contributed by atoms with Crippen LogP contribution in [0.2, 0.25) is 0 Å².